The highest BCUT2D eigenvalue weighted by Crippen LogP contribution is 2.27. The first-order valence-electron chi connectivity index (χ1n) is 10.4. The van der Waals surface area contributed by atoms with Crippen molar-refractivity contribution in [1.82, 2.24) is 20.3 Å². The van der Waals surface area contributed by atoms with Crippen LogP contribution in [0.4, 0.5) is 11.5 Å². The van der Waals surface area contributed by atoms with E-state index in [1.54, 1.807) is 20.3 Å². The van der Waals surface area contributed by atoms with Crippen LogP contribution < -0.4 is 25.8 Å². The molecule has 0 unspecified atom stereocenters. The molecule has 2 amide bonds. The molecule has 0 fully saturated rings. The van der Waals surface area contributed by atoms with Crippen molar-refractivity contribution < 1.29 is 19.1 Å². The van der Waals surface area contributed by atoms with Crippen LogP contribution in [0.5, 0.6) is 11.5 Å². The molecule has 3 rings (SSSR count). The Kier molecular flexibility index (Phi) is 7.50. The van der Waals surface area contributed by atoms with Crippen molar-refractivity contribution in [3.63, 3.8) is 0 Å². The summed E-state index contributed by atoms with van der Waals surface area (Å²) < 4.78 is 11.7. The van der Waals surface area contributed by atoms with Crippen molar-refractivity contribution in [3.8, 4) is 11.5 Å². The van der Waals surface area contributed by atoms with Crippen LogP contribution in [0, 0.1) is 13.8 Å². The zero-order valence-corrected chi connectivity index (χ0v) is 19.1. The van der Waals surface area contributed by atoms with Crippen LogP contribution in [0.1, 0.15) is 27.2 Å². The number of methoxy groups -OCH3 is 2. The first kappa shape index (κ1) is 23.6. The van der Waals surface area contributed by atoms with Gasteiger partial charge < -0.3 is 25.8 Å². The van der Waals surface area contributed by atoms with Gasteiger partial charge in [0.05, 0.1) is 14.2 Å². The van der Waals surface area contributed by atoms with Gasteiger partial charge in [0.1, 0.15) is 6.54 Å². The highest BCUT2D eigenvalue weighted by molar-refractivity contribution is 6.06. The second kappa shape index (κ2) is 10.5. The van der Waals surface area contributed by atoms with E-state index in [0.717, 1.165) is 16.7 Å². The van der Waals surface area contributed by atoms with Crippen molar-refractivity contribution in [3.05, 3.63) is 58.8 Å². The molecule has 3 aromatic rings. The maximum Gasteiger partial charge on any atom is 0.280 e. The molecule has 0 bridgehead atoms. The molecular weight excluding hydrogens is 424 g/mol. The molecule has 0 aliphatic carbocycles. The van der Waals surface area contributed by atoms with Crippen LogP contribution in [0.2, 0.25) is 0 Å². The summed E-state index contributed by atoms with van der Waals surface area (Å²) >= 11 is 0. The molecule has 0 saturated carbocycles. The summed E-state index contributed by atoms with van der Waals surface area (Å²) in [6.07, 6.45) is 0.600. The van der Waals surface area contributed by atoms with E-state index >= 15 is 0 Å². The lowest BCUT2D eigenvalue weighted by Crippen LogP contribution is -2.30. The predicted octanol–water partition coefficient (Wildman–Crippen LogP) is 2.11. The summed E-state index contributed by atoms with van der Waals surface area (Å²) in [5.41, 5.74) is 9.64. The Morgan fingerprint density at radius 3 is 2.58 bits per heavy atom. The molecule has 10 heteroatoms. The number of benzene rings is 2. The zero-order chi connectivity index (χ0) is 24.0. The van der Waals surface area contributed by atoms with Gasteiger partial charge in [-0.25, -0.2) is 4.68 Å². The molecule has 33 heavy (non-hydrogen) atoms. The summed E-state index contributed by atoms with van der Waals surface area (Å²) in [7, 11) is 3.15. The lowest BCUT2D eigenvalue weighted by atomic mass is 10.1. The third-order valence-electron chi connectivity index (χ3n) is 5.32. The molecule has 4 N–H and O–H groups in total. The molecule has 1 aromatic heterocycles. The Bertz CT molecular complexity index is 1160. The smallest absolute Gasteiger partial charge is 0.280 e. The van der Waals surface area contributed by atoms with Crippen LogP contribution >= 0.6 is 0 Å². The third kappa shape index (κ3) is 5.59. The monoisotopic (exact) mass is 452 g/mol. The summed E-state index contributed by atoms with van der Waals surface area (Å²) in [5.74, 6) is 0.510. The summed E-state index contributed by atoms with van der Waals surface area (Å²) in [4.78, 5) is 24.9. The molecule has 10 nitrogen and oxygen atoms in total. The number of nitrogens with two attached hydrogens (primary N) is 1. The summed E-state index contributed by atoms with van der Waals surface area (Å²) in [6.45, 7) is 4.13. The number of carbonyl (C=O) groups is 2. The lowest BCUT2D eigenvalue weighted by Gasteiger charge is -2.10. The van der Waals surface area contributed by atoms with E-state index in [2.05, 4.69) is 20.9 Å². The number of amides is 2. The molecule has 0 aliphatic rings. The van der Waals surface area contributed by atoms with Gasteiger partial charge in [0, 0.05) is 12.2 Å². The van der Waals surface area contributed by atoms with Gasteiger partial charge in [-0.3, -0.25) is 9.59 Å². The summed E-state index contributed by atoms with van der Waals surface area (Å²) in [6, 6.07) is 11.2. The Labute approximate surface area is 192 Å². The van der Waals surface area contributed by atoms with Crippen molar-refractivity contribution in [2.45, 2.75) is 26.8 Å². The number of ether oxygens (including phenoxy) is 2. The molecule has 174 valence electrons. The van der Waals surface area contributed by atoms with E-state index in [1.807, 2.05) is 44.2 Å². The van der Waals surface area contributed by atoms with Crippen molar-refractivity contribution >= 4 is 23.3 Å². The Hall–Kier alpha value is -4.08. The van der Waals surface area contributed by atoms with E-state index in [0.29, 0.717) is 30.2 Å². The van der Waals surface area contributed by atoms with Crippen LogP contribution in [0.15, 0.2) is 36.4 Å². The average molecular weight is 453 g/mol. The second-order valence-corrected chi connectivity index (χ2v) is 7.47. The number of nitrogen functional groups attached to an aromatic ring is 1. The maximum absolute atomic E-state index is 12.6. The fraction of sp³-hybridized carbons (Fsp3) is 0.304. The Balaban J connectivity index is 1.55. The molecule has 1 heterocycles. The number of aryl methyl sites for hydroxylation is 1. The van der Waals surface area contributed by atoms with Crippen molar-refractivity contribution in [2.75, 3.05) is 31.8 Å². The van der Waals surface area contributed by atoms with Crippen LogP contribution in [0.25, 0.3) is 0 Å². The third-order valence-corrected chi connectivity index (χ3v) is 5.32. The van der Waals surface area contributed by atoms with E-state index in [9.17, 15) is 9.59 Å². The SMILES string of the molecule is COc1ccc(CCNC(=O)Cn2nnc(C(=O)Nc3cccc(C)c3C)c2N)cc1OC. The molecule has 2 aromatic carbocycles. The molecule has 0 atom stereocenters. The van der Waals surface area contributed by atoms with Gasteiger partial charge in [0.2, 0.25) is 5.91 Å². The number of rotatable bonds is 9. The van der Waals surface area contributed by atoms with Crippen molar-refractivity contribution in [1.29, 1.82) is 0 Å². The fourth-order valence-electron chi connectivity index (χ4n) is 3.24. The quantitative estimate of drug-likeness (QED) is 0.453. The van der Waals surface area contributed by atoms with Gasteiger partial charge in [0.25, 0.3) is 5.91 Å². The van der Waals surface area contributed by atoms with Gasteiger partial charge in [-0.05, 0) is 55.2 Å². The number of hydrogen-bond donors (Lipinski definition) is 3. The predicted molar refractivity (Wildman–Crippen MR) is 125 cm³/mol. The fourth-order valence-corrected chi connectivity index (χ4v) is 3.24. The highest BCUT2D eigenvalue weighted by atomic mass is 16.5. The molecule has 0 aliphatic heterocycles. The van der Waals surface area contributed by atoms with E-state index in [4.69, 9.17) is 15.2 Å². The highest BCUT2D eigenvalue weighted by Gasteiger charge is 2.19. The topological polar surface area (TPSA) is 133 Å². The molecule has 0 saturated heterocycles. The molecule has 0 radical (unpaired) electrons. The largest absolute Gasteiger partial charge is 0.493 e. The Morgan fingerprint density at radius 1 is 1.09 bits per heavy atom. The van der Waals surface area contributed by atoms with E-state index in [1.165, 1.54) is 4.68 Å². The minimum absolute atomic E-state index is 0.0212. The van der Waals surface area contributed by atoms with Gasteiger partial charge in [-0.2, -0.15) is 0 Å². The Morgan fingerprint density at radius 2 is 1.85 bits per heavy atom. The zero-order valence-electron chi connectivity index (χ0n) is 19.1. The minimum Gasteiger partial charge on any atom is -0.493 e. The lowest BCUT2D eigenvalue weighted by molar-refractivity contribution is -0.121. The first-order chi connectivity index (χ1) is 15.8. The van der Waals surface area contributed by atoms with Gasteiger partial charge in [-0.1, -0.05) is 23.4 Å². The number of nitrogens with one attached hydrogen (secondary N) is 2. The second-order valence-electron chi connectivity index (χ2n) is 7.47. The normalized spacial score (nSPS) is 10.5. The van der Waals surface area contributed by atoms with Crippen LogP contribution in [-0.2, 0) is 17.8 Å². The van der Waals surface area contributed by atoms with Gasteiger partial charge in [-0.15, -0.1) is 5.10 Å². The standard InChI is InChI=1S/C23H28N6O4/c1-14-6-5-7-17(15(14)2)26-23(31)21-22(24)29(28-27-21)13-20(30)25-11-10-16-8-9-18(32-3)19(12-16)33-4/h5-9,12H,10-11,13,24H2,1-4H3,(H,25,30)(H,26,31). The average Bonchev–Trinajstić information content (AvgIpc) is 3.16. The van der Waals surface area contributed by atoms with Crippen LogP contribution in [0.3, 0.4) is 0 Å². The first-order valence-corrected chi connectivity index (χ1v) is 10.4. The van der Waals surface area contributed by atoms with Crippen molar-refractivity contribution in [2.24, 2.45) is 0 Å². The molecule has 0 spiro atoms. The maximum atomic E-state index is 12.6. The summed E-state index contributed by atoms with van der Waals surface area (Å²) in [5, 5.41) is 13.3. The minimum atomic E-state index is -0.485. The molecular formula is C23H28N6O4. The number of aromatic nitrogens is 3. The number of nitrogens with zero attached hydrogens (tertiary/aromatic N) is 3. The van der Waals surface area contributed by atoms with Gasteiger partial charge in [0.15, 0.2) is 23.0 Å². The van der Waals surface area contributed by atoms with Gasteiger partial charge >= 0.3 is 0 Å². The number of carbonyl (C=O) groups excluding carboxylic acids is 2. The van der Waals surface area contributed by atoms with E-state index < -0.39 is 5.91 Å². The van der Waals surface area contributed by atoms with E-state index in [-0.39, 0.29) is 24.0 Å². The van der Waals surface area contributed by atoms with Crippen LogP contribution in [-0.4, -0.2) is 47.6 Å². The number of hydrogen-bond acceptors (Lipinski definition) is 7. The number of anilines is 2.